The molecule has 0 amide bonds. The molecular weight excluding hydrogens is 182 g/mol. The van der Waals surface area contributed by atoms with Crippen LogP contribution in [0.1, 0.15) is 24.4 Å². The summed E-state index contributed by atoms with van der Waals surface area (Å²) in [5, 5.41) is 12.2. The number of piperidine rings is 1. The maximum atomic E-state index is 10.8. The van der Waals surface area contributed by atoms with E-state index in [0.29, 0.717) is 12.8 Å². The van der Waals surface area contributed by atoms with E-state index in [2.05, 4.69) is 5.32 Å². The zero-order chi connectivity index (χ0) is 9.97. The van der Waals surface area contributed by atoms with Crippen LogP contribution >= 0.6 is 0 Å². The van der Waals surface area contributed by atoms with Crippen molar-refractivity contribution in [1.29, 1.82) is 0 Å². The quantitative estimate of drug-likeness (QED) is 0.748. The fourth-order valence-corrected chi connectivity index (χ4v) is 1.87. The predicted octanol–water partition coefficient (Wildman–Crippen LogP) is 1.40. The Morgan fingerprint density at radius 1 is 1.64 bits per heavy atom. The molecule has 2 unspecified atom stereocenters. The minimum absolute atomic E-state index is 0.128. The monoisotopic (exact) mass is 195 g/mol. The smallest absolute Gasteiger partial charge is 0.306 e. The highest BCUT2D eigenvalue weighted by Gasteiger charge is 2.27. The van der Waals surface area contributed by atoms with Gasteiger partial charge in [0.15, 0.2) is 0 Å². The van der Waals surface area contributed by atoms with E-state index in [1.54, 1.807) is 12.5 Å². The molecule has 1 aromatic rings. The van der Waals surface area contributed by atoms with Crippen LogP contribution in [0.2, 0.25) is 0 Å². The van der Waals surface area contributed by atoms with Gasteiger partial charge in [-0.2, -0.15) is 0 Å². The first kappa shape index (κ1) is 9.27. The third kappa shape index (κ3) is 1.80. The molecule has 0 aromatic carbocycles. The molecule has 1 aliphatic heterocycles. The van der Waals surface area contributed by atoms with E-state index in [0.717, 1.165) is 12.1 Å². The summed E-state index contributed by atoms with van der Waals surface area (Å²) in [5.74, 6) is -0.920. The molecule has 1 aromatic heterocycles. The van der Waals surface area contributed by atoms with E-state index < -0.39 is 5.97 Å². The molecule has 2 atom stereocenters. The molecular formula is C10H13NO3. The van der Waals surface area contributed by atoms with Gasteiger partial charge in [0.1, 0.15) is 0 Å². The standard InChI is InChI=1S/C10H13NO3/c12-10(13)7-1-3-11-9(5-7)8-2-4-14-6-8/h2,4,6-7,9,11H,1,3,5H2,(H,12,13). The molecule has 0 bridgehead atoms. The van der Waals surface area contributed by atoms with Gasteiger partial charge in [-0.05, 0) is 25.5 Å². The number of rotatable bonds is 2. The van der Waals surface area contributed by atoms with Crippen molar-refractivity contribution < 1.29 is 14.3 Å². The maximum Gasteiger partial charge on any atom is 0.306 e. The summed E-state index contributed by atoms with van der Waals surface area (Å²) in [4.78, 5) is 10.8. The number of carbonyl (C=O) groups is 1. The highest BCUT2D eigenvalue weighted by molar-refractivity contribution is 5.70. The Hall–Kier alpha value is -1.29. The minimum atomic E-state index is -0.694. The van der Waals surface area contributed by atoms with E-state index in [1.165, 1.54) is 0 Å². The van der Waals surface area contributed by atoms with E-state index in [9.17, 15) is 4.79 Å². The third-order valence-corrected chi connectivity index (χ3v) is 2.70. The summed E-state index contributed by atoms with van der Waals surface area (Å²) < 4.78 is 4.98. The van der Waals surface area contributed by atoms with Gasteiger partial charge in [0.25, 0.3) is 0 Å². The summed E-state index contributed by atoms with van der Waals surface area (Å²) in [6.07, 6.45) is 4.64. The molecule has 0 saturated carbocycles. The normalized spacial score (nSPS) is 27.4. The molecule has 2 N–H and O–H groups in total. The van der Waals surface area contributed by atoms with Gasteiger partial charge in [0, 0.05) is 11.6 Å². The first-order chi connectivity index (χ1) is 6.77. The first-order valence-corrected chi connectivity index (χ1v) is 4.75. The zero-order valence-electron chi connectivity index (χ0n) is 7.77. The molecule has 1 aliphatic rings. The third-order valence-electron chi connectivity index (χ3n) is 2.70. The molecule has 1 saturated heterocycles. The van der Waals surface area contributed by atoms with E-state index in [4.69, 9.17) is 9.52 Å². The second-order valence-electron chi connectivity index (χ2n) is 3.62. The van der Waals surface area contributed by atoms with Crippen molar-refractivity contribution in [2.24, 2.45) is 5.92 Å². The van der Waals surface area contributed by atoms with Crippen LogP contribution in [0.5, 0.6) is 0 Å². The minimum Gasteiger partial charge on any atom is -0.481 e. The Kier molecular flexibility index (Phi) is 2.54. The second-order valence-corrected chi connectivity index (χ2v) is 3.62. The Morgan fingerprint density at radius 2 is 2.50 bits per heavy atom. The number of nitrogens with one attached hydrogen (secondary N) is 1. The number of furan rings is 1. The number of carboxylic acids is 1. The zero-order valence-corrected chi connectivity index (χ0v) is 7.77. The number of carboxylic acid groups (broad SMARTS) is 1. The molecule has 0 spiro atoms. The molecule has 0 radical (unpaired) electrons. The average Bonchev–Trinajstić information content (AvgIpc) is 2.71. The van der Waals surface area contributed by atoms with Gasteiger partial charge in [-0.25, -0.2) is 0 Å². The lowest BCUT2D eigenvalue weighted by Gasteiger charge is -2.27. The van der Waals surface area contributed by atoms with Crippen LogP contribution < -0.4 is 5.32 Å². The molecule has 14 heavy (non-hydrogen) atoms. The number of hydrogen-bond donors (Lipinski definition) is 2. The highest BCUT2D eigenvalue weighted by atomic mass is 16.4. The molecule has 76 valence electrons. The summed E-state index contributed by atoms with van der Waals surface area (Å²) in [5.41, 5.74) is 1.04. The lowest BCUT2D eigenvalue weighted by molar-refractivity contribution is -0.143. The lowest BCUT2D eigenvalue weighted by Crippen LogP contribution is -2.34. The van der Waals surface area contributed by atoms with Crippen LogP contribution in [0.15, 0.2) is 23.0 Å². The maximum absolute atomic E-state index is 10.8. The molecule has 2 rings (SSSR count). The predicted molar refractivity (Wildman–Crippen MR) is 49.8 cm³/mol. The van der Waals surface area contributed by atoms with Gasteiger partial charge in [0.2, 0.25) is 0 Å². The van der Waals surface area contributed by atoms with Crippen LogP contribution in [0.25, 0.3) is 0 Å². The van der Waals surface area contributed by atoms with Crippen molar-refractivity contribution >= 4 is 5.97 Å². The van der Waals surface area contributed by atoms with Crippen LogP contribution in [0.3, 0.4) is 0 Å². The van der Waals surface area contributed by atoms with Gasteiger partial charge in [-0.3, -0.25) is 4.79 Å². The topological polar surface area (TPSA) is 62.5 Å². The van der Waals surface area contributed by atoms with Crippen molar-refractivity contribution in [2.45, 2.75) is 18.9 Å². The summed E-state index contributed by atoms with van der Waals surface area (Å²) >= 11 is 0. The highest BCUT2D eigenvalue weighted by Crippen LogP contribution is 2.27. The van der Waals surface area contributed by atoms with Gasteiger partial charge in [0.05, 0.1) is 18.4 Å². The van der Waals surface area contributed by atoms with Gasteiger partial charge < -0.3 is 14.8 Å². The molecule has 4 heteroatoms. The fraction of sp³-hybridized carbons (Fsp3) is 0.500. The Balaban J connectivity index is 2.04. The summed E-state index contributed by atoms with van der Waals surface area (Å²) in [6.45, 7) is 0.757. The van der Waals surface area contributed by atoms with Crippen LogP contribution in [-0.4, -0.2) is 17.6 Å². The van der Waals surface area contributed by atoms with Gasteiger partial charge >= 0.3 is 5.97 Å². The van der Waals surface area contributed by atoms with Crippen molar-refractivity contribution in [3.8, 4) is 0 Å². The summed E-state index contributed by atoms with van der Waals surface area (Å²) in [7, 11) is 0. The Labute approximate surface area is 81.9 Å². The molecule has 1 fully saturated rings. The average molecular weight is 195 g/mol. The van der Waals surface area contributed by atoms with Crippen molar-refractivity contribution in [3.05, 3.63) is 24.2 Å². The van der Waals surface area contributed by atoms with Gasteiger partial charge in [-0.15, -0.1) is 0 Å². The van der Waals surface area contributed by atoms with Crippen LogP contribution in [-0.2, 0) is 4.79 Å². The Bertz CT molecular complexity index is 307. The number of aliphatic carboxylic acids is 1. The second kappa shape index (κ2) is 3.84. The Morgan fingerprint density at radius 3 is 3.14 bits per heavy atom. The largest absolute Gasteiger partial charge is 0.481 e. The van der Waals surface area contributed by atoms with Crippen LogP contribution in [0, 0.1) is 5.92 Å². The summed E-state index contributed by atoms with van der Waals surface area (Å²) in [6, 6.07) is 2.01. The molecule has 2 heterocycles. The van der Waals surface area contributed by atoms with Crippen molar-refractivity contribution in [3.63, 3.8) is 0 Å². The fourth-order valence-electron chi connectivity index (χ4n) is 1.87. The lowest BCUT2D eigenvalue weighted by atomic mass is 9.90. The SMILES string of the molecule is O=C(O)C1CCNC(c2ccoc2)C1. The van der Waals surface area contributed by atoms with Gasteiger partial charge in [-0.1, -0.05) is 0 Å². The van der Waals surface area contributed by atoms with Crippen molar-refractivity contribution in [2.75, 3.05) is 6.54 Å². The van der Waals surface area contributed by atoms with Crippen molar-refractivity contribution in [1.82, 2.24) is 5.32 Å². The number of hydrogen-bond acceptors (Lipinski definition) is 3. The molecule has 0 aliphatic carbocycles. The van der Waals surface area contributed by atoms with E-state index >= 15 is 0 Å². The van der Waals surface area contributed by atoms with Crippen LogP contribution in [0.4, 0.5) is 0 Å². The molecule has 4 nitrogen and oxygen atoms in total. The first-order valence-electron chi connectivity index (χ1n) is 4.75. The van der Waals surface area contributed by atoms with E-state index in [1.807, 2.05) is 6.07 Å². The van der Waals surface area contributed by atoms with E-state index in [-0.39, 0.29) is 12.0 Å².